The molecule has 0 radical (unpaired) electrons. The molecule has 0 saturated carbocycles. The average Bonchev–Trinajstić information content (AvgIpc) is 3.07. The van der Waals surface area contributed by atoms with E-state index >= 15 is 0 Å². The minimum atomic E-state index is 0.530. The van der Waals surface area contributed by atoms with Crippen molar-refractivity contribution in [3.05, 3.63) is 17.5 Å². The maximum Gasteiger partial charge on any atom is 0.225 e. The van der Waals surface area contributed by atoms with Gasteiger partial charge in [-0.25, -0.2) is 15.0 Å². The van der Waals surface area contributed by atoms with Crippen molar-refractivity contribution in [3.63, 3.8) is 0 Å². The number of piperidine rings is 1. The van der Waals surface area contributed by atoms with Crippen LogP contribution in [0.4, 0.5) is 5.95 Å². The Balaban J connectivity index is 1.66. The molecule has 2 aliphatic rings. The van der Waals surface area contributed by atoms with E-state index in [1.165, 1.54) is 25.7 Å². The molecule has 0 bridgehead atoms. The number of aryl methyl sites for hydroxylation is 1. The van der Waals surface area contributed by atoms with Crippen molar-refractivity contribution in [1.29, 1.82) is 0 Å². The first-order chi connectivity index (χ1) is 11.1. The van der Waals surface area contributed by atoms with Crippen LogP contribution in [0.2, 0.25) is 0 Å². The molecule has 0 aromatic carbocycles. The number of aromatic nitrogens is 2. The number of anilines is 1. The molecule has 2 aliphatic heterocycles. The SMILES string of the molecule is Cc1cc(CN=C(N)N2CCC(C)CC2)nc(N2CCCC2)n1. The second-order valence-electron chi connectivity index (χ2n) is 6.84. The Bertz CT molecular complexity index is 556. The molecule has 0 amide bonds. The molecule has 1 aromatic rings. The predicted molar refractivity (Wildman–Crippen MR) is 93.5 cm³/mol. The summed E-state index contributed by atoms with van der Waals surface area (Å²) in [4.78, 5) is 18.3. The zero-order chi connectivity index (χ0) is 16.2. The number of nitrogens with two attached hydrogens (primary N) is 1. The summed E-state index contributed by atoms with van der Waals surface area (Å²) in [6, 6.07) is 2.01. The van der Waals surface area contributed by atoms with Gasteiger partial charge in [-0.05, 0) is 44.6 Å². The summed E-state index contributed by atoms with van der Waals surface area (Å²) in [7, 11) is 0. The quantitative estimate of drug-likeness (QED) is 0.681. The van der Waals surface area contributed by atoms with Crippen molar-refractivity contribution < 1.29 is 0 Å². The third-order valence-corrected chi connectivity index (χ3v) is 4.80. The highest BCUT2D eigenvalue weighted by Gasteiger charge is 2.18. The Morgan fingerprint density at radius 1 is 1.22 bits per heavy atom. The van der Waals surface area contributed by atoms with Gasteiger partial charge in [-0.2, -0.15) is 0 Å². The smallest absolute Gasteiger partial charge is 0.225 e. The van der Waals surface area contributed by atoms with E-state index in [1.54, 1.807) is 0 Å². The van der Waals surface area contributed by atoms with Crippen LogP contribution in [0, 0.1) is 12.8 Å². The molecule has 23 heavy (non-hydrogen) atoms. The summed E-state index contributed by atoms with van der Waals surface area (Å²) in [5.74, 6) is 2.29. The minimum Gasteiger partial charge on any atom is -0.370 e. The minimum absolute atomic E-state index is 0.530. The van der Waals surface area contributed by atoms with Crippen LogP contribution in [0.1, 0.15) is 44.0 Å². The number of nitrogens with zero attached hydrogens (tertiary/aromatic N) is 5. The largest absolute Gasteiger partial charge is 0.370 e. The topological polar surface area (TPSA) is 70.6 Å². The van der Waals surface area contributed by atoms with Crippen molar-refractivity contribution >= 4 is 11.9 Å². The normalized spacial score (nSPS) is 20.3. The van der Waals surface area contributed by atoms with Crippen molar-refractivity contribution in [2.24, 2.45) is 16.6 Å². The van der Waals surface area contributed by atoms with E-state index in [4.69, 9.17) is 5.73 Å². The lowest BCUT2D eigenvalue weighted by Gasteiger charge is -2.31. The zero-order valence-corrected chi connectivity index (χ0v) is 14.3. The first-order valence-corrected chi connectivity index (χ1v) is 8.76. The van der Waals surface area contributed by atoms with Gasteiger partial charge in [0.25, 0.3) is 0 Å². The van der Waals surface area contributed by atoms with E-state index in [0.29, 0.717) is 12.5 Å². The van der Waals surface area contributed by atoms with Gasteiger partial charge in [-0.3, -0.25) is 0 Å². The van der Waals surface area contributed by atoms with Gasteiger partial charge in [0, 0.05) is 31.9 Å². The van der Waals surface area contributed by atoms with Gasteiger partial charge in [0.05, 0.1) is 12.2 Å². The highest BCUT2D eigenvalue weighted by molar-refractivity contribution is 5.78. The Labute approximate surface area is 138 Å². The lowest BCUT2D eigenvalue weighted by molar-refractivity contribution is 0.277. The molecule has 6 nitrogen and oxygen atoms in total. The van der Waals surface area contributed by atoms with Crippen molar-refractivity contribution in [3.8, 4) is 0 Å². The van der Waals surface area contributed by atoms with Crippen LogP contribution in [0.15, 0.2) is 11.1 Å². The van der Waals surface area contributed by atoms with Crippen LogP contribution < -0.4 is 10.6 Å². The number of rotatable bonds is 3. The first kappa shape index (κ1) is 16.0. The maximum absolute atomic E-state index is 6.16. The average molecular weight is 316 g/mol. The van der Waals surface area contributed by atoms with Gasteiger partial charge < -0.3 is 15.5 Å². The molecule has 0 spiro atoms. The summed E-state index contributed by atoms with van der Waals surface area (Å²) < 4.78 is 0. The van der Waals surface area contributed by atoms with E-state index in [2.05, 4.69) is 31.7 Å². The second-order valence-corrected chi connectivity index (χ2v) is 6.84. The standard InChI is InChI=1S/C17H28N6/c1-13-5-9-22(10-6-13)16(18)19-12-15-11-14(2)20-17(21-15)23-7-3-4-8-23/h11,13H,3-10,12H2,1-2H3,(H2,18,19). The summed E-state index contributed by atoms with van der Waals surface area (Å²) in [5.41, 5.74) is 8.11. The number of likely N-dealkylation sites (tertiary alicyclic amines) is 1. The van der Waals surface area contributed by atoms with Gasteiger partial charge in [0.15, 0.2) is 5.96 Å². The van der Waals surface area contributed by atoms with Gasteiger partial charge in [-0.1, -0.05) is 6.92 Å². The highest BCUT2D eigenvalue weighted by Crippen LogP contribution is 2.18. The van der Waals surface area contributed by atoms with Crippen LogP contribution in [0.3, 0.4) is 0 Å². The van der Waals surface area contributed by atoms with E-state index in [-0.39, 0.29) is 0 Å². The Morgan fingerprint density at radius 3 is 2.61 bits per heavy atom. The van der Waals surface area contributed by atoms with E-state index in [9.17, 15) is 0 Å². The molecule has 6 heteroatoms. The lowest BCUT2D eigenvalue weighted by Crippen LogP contribution is -2.42. The molecule has 0 unspecified atom stereocenters. The van der Waals surface area contributed by atoms with E-state index < -0.39 is 0 Å². The third-order valence-electron chi connectivity index (χ3n) is 4.80. The van der Waals surface area contributed by atoms with Gasteiger partial charge in [0.1, 0.15) is 0 Å². The molecular formula is C17H28N6. The molecule has 0 atom stereocenters. The Hall–Kier alpha value is -1.85. The molecule has 126 valence electrons. The molecule has 2 N–H and O–H groups in total. The van der Waals surface area contributed by atoms with Gasteiger partial charge in [-0.15, -0.1) is 0 Å². The summed E-state index contributed by atoms with van der Waals surface area (Å²) >= 11 is 0. The maximum atomic E-state index is 6.16. The lowest BCUT2D eigenvalue weighted by atomic mass is 10.00. The van der Waals surface area contributed by atoms with Crippen molar-refractivity contribution in [2.75, 3.05) is 31.1 Å². The van der Waals surface area contributed by atoms with E-state index in [1.807, 2.05) is 13.0 Å². The Kier molecular flexibility index (Phi) is 4.98. The zero-order valence-electron chi connectivity index (χ0n) is 14.3. The molecule has 2 saturated heterocycles. The van der Waals surface area contributed by atoms with E-state index in [0.717, 1.165) is 49.4 Å². The summed E-state index contributed by atoms with van der Waals surface area (Å²) in [6.07, 6.45) is 4.85. The predicted octanol–water partition coefficient (Wildman–Crippen LogP) is 1.93. The van der Waals surface area contributed by atoms with Crippen LogP contribution >= 0.6 is 0 Å². The number of aliphatic imine (C=N–C) groups is 1. The highest BCUT2D eigenvalue weighted by atomic mass is 15.3. The van der Waals surface area contributed by atoms with Crippen molar-refractivity contribution in [2.45, 2.75) is 46.1 Å². The van der Waals surface area contributed by atoms with Crippen LogP contribution in [0.5, 0.6) is 0 Å². The molecule has 2 fully saturated rings. The molecule has 3 heterocycles. The van der Waals surface area contributed by atoms with Gasteiger partial charge in [0.2, 0.25) is 5.95 Å². The fourth-order valence-electron chi connectivity index (χ4n) is 3.26. The summed E-state index contributed by atoms with van der Waals surface area (Å²) in [6.45, 7) is 8.98. The Morgan fingerprint density at radius 2 is 1.91 bits per heavy atom. The molecular weight excluding hydrogens is 288 g/mol. The molecule has 0 aliphatic carbocycles. The first-order valence-electron chi connectivity index (χ1n) is 8.76. The van der Waals surface area contributed by atoms with Crippen LogP contribution in [-0.2, 0) is 6.54 Å². The summed E-state index contributed by atoms with van der Waals surface area (Å²) in [5, 5.41) is 0. The number of hydrogen-bond acceptors (Lipinski definition) is 4. The van der Waals surface area contributed by atoms with Crippen molar-refractivity contribution in [1.82, 2.24) is 14.9 Å². The van der Waals surface area contributed by atoms with Crippen LogP contribution in [0.25, 0.3) is 0 Å². The molecule has 1 aromatic heterocycles. The number of hydrogen-bond donors (Lipinski definition) is 1. The van der Waals surface area contributed by atoms with Gasteiger partial charge >= 0.3 is 0 Å². The fraction of sp³-hybridized carbons (Fsp3) is 0.706. The number of guanidine groups is 1. The second kappa shape index (κ2) is 7.15. The van der Waals surface area contributed by atoms with Crippen LogP contribution in [-0.4, -0.2) is 47.0 Å². The fourth-order valence-corrected chi connectivity index (χ4v) is 3.26. The monoisotopic (exact) mass is 316 g/mol. The molecule has 3 rings (SSSR count). The third kappa shape index (κ3) is 4.12.